The fourth-order valence-corrected chi connectivity index (χ4v) is 2.62. The molecule has 132 valence electrons. The number of nitrogens with zero attached hydrogens (tertiary/aromatic N) is 5. The van der Waals surface area contributed by atoms with Gasteiger partial charge in [0.25, 0.3) is 11.6 Å². The van der Waals surface area contributed by atoms with Gasteiger partial charge in [-0.05, 0) is 18.6 Å². The molecule has 0 saturated heterocycles. The van der Waals surface area contributed by atoms with Crippen LogP contribution in [0.3, 0.4) is 0 Å². The first kappa shape index (κ1) is 17.3. The summed E-state index contributed by atoms with van der Waals surface area (Å²) in [6.45, 7) is 2.16. The van der Waals surface area contributed by atoms with Crippen LogP contribution in [0.4, 0.5) is 5.69 Å². The Labute approximate surface area is 149 Å². The second-order valence-corrected chi connectivity index (χ2v) is 5.86. The number of carbonyl (C=O) groups excluding carboxylic acids is 1. The summed E-state index contributed by atoms with van der Waals surface area (Å²) in [4.78, 5) is 24.7. The molecule has 0 fully saturated rings. The lowest BCUT2D eigenvalue weighted by molar-refractivity contribution is -0.384. The van der Waals surface area contributed by atoms with E-state index in [0.717, 1.165) is 5.56 Å². The molecule has 0 spiro atoms. The first-order chi connectivity index (χ1) is 12.5. The van der Waals surface area contributed by atoms with Crippen LogP contribution < -0.4 is 0 Å². The number of carbonyl (C=O) groups is 1. The standard InChI is InChI=1S/C18H17N5O3/c1-13-17(18(24)21(2)12-14-7-4-3-5-8-14)19-20-22(13)15-9-6-10-16(11-15)23(25)26/h3-11H,12H2,1-2H3. The lowest BCUT2D eigenvalue weighted by Gasteiger charge is -2.16. The highest BCUT2D eigenvalue weighted by molar-refractivity contribution is 5.93. The number of non-ortho nitro benzene ring substituents is 1. The molecule has 1 aromatic heterocycles. The van der Waals surface area contributed by atoms with Gasteiger partial charge < -0.3 is 4.90 Å². The lowest BCUT2D eigenvalue weighted by atomic mass is 10.2. The molecule has 0 unspecified atom stereocenters. The first-order valence-electron chi connectivity index (χ1n) is 7.94. The predicted octanol–water partition coefficient (Wildman–Crippen LogP) is 2.76. The summed E-state index contributed by atoms with van der Waals surface area (Å²) in [6, 6.07) is 15.7. The number of rotatable bonds is 5. The molecule has 3 aromatic rings. The SMILES string of the molecule is Cc1c(C(=O)N(C)Cc2ccccc2)nnn1-c1cccc([N+](=O)[O-])c1. The summed E-state index contributed by atoms with van der Waals surface area (Å²) in [6.07, 6.45) is 0. The number of aromatic nitrogens is 3. The van der Waals surface area contributed by atoms with Crippen LogP contribution in [0, 0.1) is 17.0 Å². The minimum atomic E-state index is -0.477. The summed E-state index contributed by atoms with van der Waals surface area (Å²) in [5, 5.41) is 18.9. The number of amides is 1. The van der Waals surface area contributed by atoms with Gasteiger partial charge in [0.05, 0.1) is 16.3 Å². The fourth-order valence-electron chi connectivity index (χ4n) is 2.62. The van der Waals surface area contributed by atoms with Crippen molar-refractivity contribution >= 4 is 11.6 Å². The molecule has 0 N–H and O–H groups in total. The molecule has 0 aliphatic carbocycles. The Balaban J connectivity index is 1.85. The molecule has 0 atom stereocenters. The van der Waals surface area contributed by atoms with E-state index in [1.807, 2.05) is 30.3 Å². The Kier molecular flexibility index (Phi) is 4.74. The molecule has 0 saturated carbocycles. The molecule has 1 heterocycles. The smallest absolute Gasteiger partial charge is 0.276 e. The van der Waals surface area contributed by atoms with Crippen LogP contribution in [0.15, 0.2) is 54.6 Å². The van der Waals surface area contributed by atoms with E-state index in [4.69, 9.17) is 0 Å². The van der Waals surface area contributed by atoms with Crippen molar-refractivity contribution in [2.24, 2.45) is 0 Å². The van der Waals surface area contributed by atoms with E-state index in [9.17, 15) is 14.9 Å². The van der Waals surface area contributed by atoms with Gasteiger partial charge in [-0.25, -0.2) is 4.68 Å². The molecular weight excluding hydrogens is 334 g/mol. The molecule has 0 radical (unpaired) electrons. The van der Waals surface area contributed by atoms with E-state index in [1.165, 1.54) is 16.8 Å². The third-order valence-corrected chi connectivity index (χ3v) is 3.99. The maximum Gasteiger partial charge on any atom is 0.276 e. The number of hydrogen-bond donors (Lipinski definition) is 0. The monoisotopic (exact) mass is 351 g/mol. The van der Waals surface area contributed by atoms with Crippen molar-refractivity contribution in [1.29, 1.82) is 0 Å². The molecule has 26 heavy (non-hydrogen) atoms. The maximum atomic E-state index is 12.7. The van der Waals surface area contributed by atoms with Crippen molar-refractivity contribution in [3.63, 3.8) is 0 Å². The third kappa shape index (κ3) is 3.44. The molecule has 1 amide bonds. The zero-order chi connectivity index (χ0) is 18.7. The largest absolute Gasteiger partial charge is 0.336 e. The van der Waals surface area contributed by atoms with Gasteiger partial charge in [-0.1, -0.05) is 41.6 Å². The van der Waals surface area contributed by atoms with Gasteiger partial charge in [0.2, 0.25) is 0 Å². The second-order valence-electron chi connectivity index (χ2n) is 5.86. The Hall–Kier alpha value is -3.55. The molecular formula is C18H17N5O3. The number of nitro benzene ring substituents is 1. The predicted molar refractivity (Wildman–Crippen MR) is 95.0 cm³/mol. The molecule has 0 aliphatic rings. The Bertz CT molecular complexity index is 952. The van der Waals surface area contributed by atoms with Gasteiger partial charge in [0, 0.05) is 25.7 Å². The average molecular weight is 351 g/mol. The first-order valence-corrected chi connectivity index (χ1v) is 7.94. The van der Waals surface area contributed by atoms with Crippen molar-refractivity contribution in [1.82, 2.24) is 19.9 Å². The maximum absolute atomic E-state index is 12.7. The van der Waals surface area contributed by atoms with Gasteiger partial charge in [-0.15, -0.1) is 5.10 Å². The summed E-state index contributed by atoms with van der Waals surface area (Å²) >= 11 is 0. The van der Waals surface area contributed by atoms with Crippen LogP contribution in [-0.2, 0) is 6.54 Å². The summed E-state index contributed by atoms with van der Waals surface area (Å²) in [5.41, 5.74) is 2.18. The minimum absolute atomic E-state index is 0.0496. The van der Waals surface area contributed by atoms with E-state index in [0.29, 0.717) is 17.9 Å². The topological polar surface area (TPSA) is 94.2 Å². The van der Waals surface area contributed by atoms with Crippen molar-refractivity contribution in [3.05, 3.63) is 81.7 Å². The Morgan fingerprint density at radius 3 is 2.62 bits per heavy atom. The average Bonchev–Trinajstić information content (AvgIpc) is 3.03. The number of hydrogen-bond acceptors (Lipinski definition) is 5. The quantitative estimate of drug-likeness (QED) is 0.520. The molecule has 3 rings (SSSR count). The van der Waals surface area contributed by atoms with E-state index in [2.05, 4.69) is 10.3 Å². The van der Waals surface area contributed by atoms with Crippen LogP contribution in [0.5, 0.6) is 0 Å². The van der Waals surface area contributed by atoms with E-state index >= 15 is 0 Å². The van der Waals surface area contributed by atoms with Crippen LogP contribution in [0.2, 0.25) is 0 Å². The van der Waals surface area contributed by atoms with Gasteiger partial charge in [0.1, 0.15) is 0 Å². The summed E-state index contributed by atoms with van der Waals surface area (Å²) < 4.78 is 1.43. The minimum Gasteiger partial charge on any atom is -0.336 e. The lowest BCUT2D eigenvalue weighted by Crippen LogP contribution is -2.27. The molecule has 0 aliphatic heterocycles. The number of nitro groups is 1. The van der Waals surface area contributed by atoms with Crippen molar-refractivity contribution in [2.75, 3.05) is 7.05 Å². The number of benzene rings is 2. The van der Waals surface area contributed by atoms with E-state index < -0.39 is 4.92 Å². The Morgan fingerprint density at radius 1 is 1.19 bits per heavy atom. The highest BCUT2D eigenvalue weighted by atomic mass is 16.6. The van der Waals surface area contributed by atoms with Gasteiger partial charge >= 0.3 is 0 Å². The highest BCUT2D eigenvalue weighted by Crippen LogP contribution is 2.19. The van der Waals surface area contributed by atoms with E-state index in [1.54, 1.807) is 31.0 Å². The second kappa shape index (κ2) is 7.14. The van der Waals surface area contributed by atoms with Crippen LogP contribution in [-0.4, -0.2) is 37.8 Å². The molecule has 8 nitrogen and oxygen atoms in total. The molecule has 0 bridgehead atoms. The summed E-state index contributed by atoms with van der Waals surface area (Å²) in [5.74, 6) is -0.261. The van der Waals surface area contributed by atoms with Crippen LogP contribution >= 0.6 is 0 Å². The van der Waals surface area contributed by atoms with E-state index in [-0.39, 0.29) is 17.3 Å². The summed E-state index contributed by atoms with van der Waals surface area (Å²) in [7, 11) is 1.70. The Morgan fingerprint density at radius 2 is 1.92 bits per heavy atom. The zero-order valence-electron chi connectivity index (χ0n) is 14.4. The normalized spacial score (nSPS) is 10.5. The zero-order valence-corrected chi connectivity index (χ0v) is 14.4. The van der Waals surface area contributed by atoms with Gasteiger partial charge in [0.15, 0.2) is 5.69 Å². The molecule has 2 aromatic carbocycles. The third-order valence-electron chi connectivity index (χ3n) is 3.99. The van der Waals surface area contributed by atoms with Crippen molar-refractivity contribution in [2.45, 2.75) is 13.5 Å². The van der Waals surface area contributed by atoms with Gasteiger partial charge in [-0.2, -0.15) is 0 Å². The van der Waals surface area contributed by atoms with Crippen LogP contribution in [0.25, 0.3) is 5.69 Å². The van der Waals surface area contributed by atoms with Gasteiger partial charge in [-0.3, -0.25) is 14.9 Å². The fraction of sp³-hybridized carbons (Fsp3) is 0.167. The van der Waals surface area contributed by atoms with Crippen molar-refractivity contribution < 1.29 is 9.72 Å². The van der Waals surface area contributed by atoms with Crippen LogP contribution in [0.1, 0.15) is 21.7 Å². The highest BCUT2D eigenvalue weighted by Gasteiger charge is 2.21. The molecule has 8 heteroatoms. The van der Waals surface area contributed by atoms with Crippen molar-refractivity contribution in [3.8, 4) is 5.69 Å².